The second kappa shape index (κ2) is 6.88. The van der Waals surface area contributed by atoms with Crippen LogP contribution in [0.2, 0.25) is 0 Å². The lowest BCUT2D eigenvalue weighted by molar-refractivity contribution is 0.0921. The van der Waals surface area contributed by atoms with Gasteiger partial charge in [-0.15, -0.1) is 0 Å². The molecule has 0 aromatic heterocycles. The number of carbonyl (C=O) groups is 1. The minimum absolute atomic E-state index is 0.0533. The van der Waals surface area contributed by atoms with E-state index >= 15 is 0 Å². The normalized spacial score (nSPS) is 12.6. The van der Waals surface area contributed by atoms with Crippen molar-refractivity contribution in [2.24, 2.45) is 5.92 Å². The van der Waals surface area contributed by atoms with E-state index in [0.717, 1.165) is 17.3 Å². The minimum atomic E-state index is -0.464. The van der Waals surface area contributed by atoms with E-state index in [1.807, 2.05) is 13.8 Å². The summed E-state index contributed by atoms with van der Waals surface area (Å²) < 4.78 is 13.7. The number of carbonyl (C=O) groups excluding carboxylic acids is 1. The lowest BCUT2D eigenvalue weighted by atomic mass is 10.0. The van der Waals surface area contributed by atoms with Crippen LogP contribution in [0.25, 0.3) is 0 Å². The van der Waals surface area contributed by atoms with Gasteiger partial charge in [0.1, 0.15) is 5.82 Å². The molecule has 2 nitrogen and oxygen atoms in total. The monoisotopic (exact) mass is 315 g/mol. The largest absolute Gasteiger partial charge is 0.349 e. The molecule has 1 atom stereocenters. The van der Waals surface area contributed by atoms with E-state index in [9.17, 15) is 9.18 Å². The van der Waals surface area contributed by atoms with Crippen LogP contribution in [0.5, 0.6) is 0 Å². The number of benzene rings is 1. The van der Waals surface area contributed by atoms with E-state index < -0.39 is 5.82 Å². The molecule has 1 N–H and O–H groups in total. The van der Waals surface area contributed by atoms with Crippen molar-refractivity contribution in [3.05, 3.63) is 35.1 Å². The Hall–Kier alpha value is -0.900. The van der Waals surface area contributed by atoms with Gasteiger partial charge in [-0.05, 0) is 37.0 Å². The van der Waals surface area contributed by atoms with Crippen molar-refractivity contribution in [1.82, 2.24) is 5.32 Å². The molecule has 0 aliphatic carbocycles. The molecule has 0 saturated heterocycles. The lowest BCUT2D eigenvalue weighted by Crippen LogP contribution is -2.39. The first-order chi connectivity index (χ1) is 8.45. The molecule has 0 saturated carbocycles. The van der Waals surface area contributed by atoms with Gasteiger partial charge in [0, 0.05) is 11.4 Å². The first-order valence-corrected chi connectivity index (χ1v) is 7.20. The topological polar surface area (TPSA) is 29.1 Å². The van der Waals surface area contributed by atoms with E-state index in [1.54, 1.807) is 13.0 Å². The maximum absolute atomic E-state index is 13.7. The van der Waals surface area contributed by atoms with Gasteiger partial charge in [-0.3, -0.25) is 4.79 Å². The molecule has 1 aromatic carbocycles. The van der Waals surface area contributed by atoms with Gasteiger partial charge in [0.15, 0.2) is 0 Å². The van der Waals surface area contributed by atoms with Crippen molar-refractivity contribution < 1.29 is 9.18 Å². The van der Waals surface area contributed by atoms with Crippen molar-refractivity contribution in [3.63, 3.8) is 0 Å². The number of halogens is 2. The van der Waals surface area contributed by atoms with Crippen LogP contribution < -0.4 is 5.32 Å². The number of aryl methyl sites for hydroxylation is 1. The fourth-order valence-electron chi connectivity index (χ4n) is 1.74. The molecule has 1 unspecified atom stereocenters. The predicted molar refractivity (Wildman–Crippen MR) is 75.6 cm³/mol. The molecule has 0 radical (unpaired) electrons. The van der Waals surface area contributed by atoms with Crippen LogP contribution in [0.1, 0.15) is 36.2 Å². The summed E-state index contributed by atoms with van der Waals surface area (Å²) in [6.45, 7) is 5.88. The summed E-state index contributed by atoms with van der Waals surface area (Å²) >= 11 is 3.36. The second-order valence-corrected chi connectivity index (χ2v) is 5.58. The Morgan fingerprint density at radius 1 is 1.44 bits per heavy atom. The molecule has 0 bridgehead atoms. The number of hydrogen-bond acceptors (Lipinski definition) is 1. The van der Waals surface area contributed by atoms with E-state index in [-0.39, 0.29) is 17.5 Å². The summed E-state index contributed by atoms with van der Waals surface area (Å²) in [5.74, 6) is -0.485. The summed E-state index contributed by atoms with van der Waals surface area (Å²) in [7, 11) is 0. The maximum atomic E-state index is 13.7. The van der Waals surface area contributed by atoms with E-state index in [1.165, 1.54) is 12.1 Å². The van der Waals surface area contributed by atoms with Gasteiger partial charge in [0.25, 0.3) is 5.91 Å². The number of rotatable bonds is 5. The standard InChI is InChI=1S/C14H19BrFNO/c1-9(2)13(6-7-15)17-14(18)11-5-4-10(3)8-12(11)16/h4-5,8-9,13H,6-7H2,1-3H3,(H,17,18). The highest BCUT2D eigenvalue weighted by molar-refractivity contribution is 9.09. The van der Waals surface area contributed by atoms with Crippen LogP contribution in [-0.4, -0.2) is 17.3 Å². The maximum Gasteiger partial charge on any atom is 0.254 e. The first kappa shape index (κ1) is 15.2. The molecule has 100 valence electrons. The van der Waals surface area contributed by atoms with Gasteiger partial charge in [-0.1, -0.05) is 35.8 Å². The Kier molecular flexibility index (Phi) is 5.79. The third-order valence-electron chi connectivity index (χ3n) is 2.91. The Labute approximate surface area is 116 Å². The Morgan fingerprint density at radius 2 is 2.11 bits per heavy atom. The molecule has 4 heteroatoms. The molecule has 1 rings (SSSR count). The summed E-state index contributed by atoms with van der Waals surface area (Å²) in [4.78, 5) is 12.0. The first-order valence-electron chi connectivity index (χ1n) is 6.08. The van der Waals surface area contributed by atoms with Crippen LogP contribution in [0, 0.1) is 18.7 Å². The molecule has 0 aliphatic heterocycles. The van der Waals surface area contributed by atoms with Gasteiger partial charge in [-0.25, -0.2) is 4.39 Å². The zero-order chi connectivity index (χ0) is 13.7. The molecular weight excluding hydrogens is 297 g/mol. The Balaban J connectivity index is 2.80. The number of hydrogen-bond donors (Lipinski definition) is 1. The highest BCUT2D eigenvalue weighted by atomic mass is 79.9. The summed E-state index contributed by atoms with van der Waals surface area (Å²) in [5.41, 5.74) is 0.922. The van der Waals surface area contributed by atoms with Crippen LogP contribution in [0.15, 0.2) is 18.2 Å². The number of alkyl halides is 1. The highest BCUT2D eigenvalue weighted by Crippen LogP contribution is 2.13. The summed E-state index contributed by atoms with van der Waals surface area (Å²) in [6.07, 6.45) is 0.830. The fourth-order valence-corrected chi connectivity index (χ4v) is 2.23. The summed E-state index contributed by atoms with van der Waals surface area (Å²) in [5, 5.41) is 3.70. The van der Waals surface area contributed by atoms with Crippen molar-refractivity contribution in [1.29, 1.82) is 0 Å². The highest BCUT2D eigenvalue weighted by Gasteiger charge is 2.18. The molecule has 18 heavy (non-hydrogen) atoms. The Morgan fingerprint density at radius 3 is 2.61 bits per heavy atom. The molecule has 0 spiro atoms. The van der Waals surface area contributed by atoms with Crippen LogP contribution in [0.3, 0.4) is 0 Å². The molecule has 1 aromatic rings. The molecule has 1 amide bonds. The van der Waals surface area contributed by atoms with Gasteiger partial charge in [0.2, 0.25) is 0 Å². The van der Waals surface area contributed by atoms with Crippen molar-refractivity contribution in [2.45, 2.75) is 33.2 Å². The second-order valence-electron chi connectivity index (χ2n) is 4.78. The Bertz CT molecular complexity index is 420. The third kappa shape index (κ3) is 4.09. The van der Waals surface area contributed by atoms with E-state index in [0.29, 0.717) is 5.92 Å². The number of nitrogens with one attached hydrogen (secondary N) is 1. The average molecular weight is 316 g/mol. The molecule has 0 heterocycles. The van der Waals surface area contributed by atoms with Gasteiger partial charge >= 0.3 is 0 Å². The van der Waals surface area contributed by atoms with Crippen molar-refractivity contribution in [3.8, 4) is 0 Å². The van der Waals surface area contributed by atoms with E-state index in [2.05, 4.69) is 21.2 Å². The van der Waals surface area contributed by atoms with Crippen molar-refractivity contribution in [2.75, 3.05) is 5.33 Å². The van der Waals surface area contributed by atoms with Crippen molar-refractivity contribution >= 4 is 21.8 Å². The quantitative estimate of drug-likeness (QED) is 0.825. The summed E-state index contributed by atoms with van der Waals surface area (Å²) in [6, 6.07) is 4.71. The zero-order valence-corrected chi connectivity index (χ0v) is 12.6. The average Bonchev–Trinajstić information content (AvgIpc) is 2.27. The minimum Gasteiger partial charge on any atom is -0.349 e. The van der Waals surface area contributed by atoms with Gasteiger partial charge in [-0.2, -0.15) is 0 Å². The van der Waals surface area contributed by atoms with Crippen LogP contribution >= 0.6 is 15.9 Å². The number of amides is 1. The van der Waals surface area contributed by atoms with Gasteiger partial charge in [0.05, 0.1) is 5.56 Å². The third-order valence-corrected chi connectivity index (χ3v) is 3.37. The van der Waals surface area contributed by atoms with Crippen LogP contribution in [0.4, 0.5) is 4.39 Å². The predicted octanol–water partition coefficient (Wildman–Crippen LogP) is 3.67. The molecule has 0 aliphatic rings. The molecular formula is C14H19BrFNO. The molecule has 0 fully saturated rings. The SMILES string of the molecule is Cc1ccc(C(=O)NC(CCBr)C(C)C)c(F)c1. The van der Waals surface area contributed by atoms with E-state index in [4.69, 9.17) is 0 Å². The zero-order valence-electron chi connectivity index (χ0n) is 11.0. The smallest absolute Gasteiger partial charge is 0.254 e. The lowest BCUT2D eigenvalue weighted by Gasteiger charge is -2.21. The van der Waals surface area contributed by atoms with Crippen LogP contribution in [-0.2, 0) is 0 Å². The van der Waals surface area contributed by atoms with Gasteiger partial charge < -0.3 is 5.32 Å². The fraction of sp³-hybridized carbons (Fsp3) is 0.500.